The molecule has 0 atom stereocenters. The Labute approximate surface area is 108 Å². The van der Waals surface area contributed by atoms with Gasteiger partial charge in [-0.3, -0.25) is 0 Å². The molecule has 90 valence electrons. The summed E-state index contributed by atoms with van der Waals surface area (Å²) in [6.07, 6.45) is 0. The van der Waals surface area contributed by atoms with E-state index in [0.29, 0.717) is 6.04 Å². The Bertz CT molecular complexity index is 485. The number of rotatable bonds is 4. The highest BCUT2D eigenvalue weighted by molar-refractivity contribution is 7.08. The Kier molecular flexibility index (Phi) is 3.97. The third-order valence-corrected chi connectivity index (χ3v) is 3.56. The molecule has 0 fully saturated rings. The molecule has 0 spiro atoms. The Morgan fingerprint density at radius 2 is 2.06 bits per heavy atom. The van der Waals surface area contributed by atoms with Crippen molar-refractivity contribution in [1.29, 1.82) is 0 Å². The van der Waals surface area contributed by atoms with Crippen LogP contribution in [0.5, 0.6) is 0 Å². The molecule has 0 saturated heterocycles. The van der Waals surface area contributed by atoms with Crippen LogP contribution in [0.2, 0.25) is 0 Å². The van der Waals surface area contributed by atoms with Crippen molar-refractivity contribution >= 4 is 11.3 Å². The van der Waals surface area contributed by atoms with Crippen LogP contribution in [0.15, 0.2) is 35.0 Å². The predicted molar refractivity (Wildman–Crippen MR) is 76.5 cm³/mol. The van der Waals surface area contributed by atoms with Crippen LogP contribution in [0.4, 0.5) is 0 Å². The SMILES string of the molecule is Cc1cccc(-c2cscc2CNC(C)C)c1. The molecule has 0 unspecified atom stereocenters. The van der Waals surface area contributed by atoms with Gasteiger partial charge in [0, 0.05) is 12.6 Å². The van der Waals surface area contributed by atoms with Gasteiger partial charge < -0.3 is 5.32 Å². The van der Waals surface area contributed by atoms with Crippen LogP contribution in [-0.2, 0) is 6.54 Å². The minimum Gasteiger partial charge on any atom is -0.310 e. The number of hydrogen-bond donors (Lipinski definition) is 1. The van der Waals surface area contributed by atoms with Gasteiger partial charge in [0.25, 0.3) is 0 Å². The molecule has 2 aromatic rings. The van der Waals surface area contributed by atoms with Crippen molar-refractivity contribution in [2.75, 3.05) is 0 Å². The summed E-state index contributed by atoms with van der Waals surface area (Å²) in [5.41, 5.74) is 5.41. The van der Waals surface area contributed by atoms with Gasteiger partial charge >= 0.3 is 0 Å². The molecule has 0 amide bonds. The molecule has 0 bridgehead atoms. The van der Waals surface area contributed by atoms with E-state index in [1.54, 1.807) is 11.3 Å². The molecular weight excluding hydrogens is 226 g/mol. The van der Waals surface area contributed by atoms with Crippen LogP contribution in [0.1, 0.15) is 25.0 Å². The summed E-state index contributed by atoms with van der Waals surface area (Å²) in [5, 5.41) is 7.96. The van der Waals surface area contributed by atoms with Crippen molar-refractivity contribution in [2.45, 2.75) is 33.4 Å². The van der Waals surface area contributed by atoms with Crippen LogP contribution in [0, 0.1) is 6.92 Å². The minimum absolute atomic E-state index is 0.528. The van der Waals surface area contributed by atoms with Crippen LogP contribution in [-0.4, -0.2) is 6.04 Å². The monoisotopic (exact) mass is 245 g/mol. The van der Waals surface area contributed by atoms with Crippen molar-refractivity contribution in [3.63, 3.8) is 0 Å². The summed E-state index contributed by atoms with van der Waals surface area (Å²) >= 11 is 1.78. The minimum atomic E-state index is 0.528. The molecule has 17 heavy (non-hydrogen) atoms. The van der Waals surface area contributed by atoms with Gasteiger partial charge in [0.2, 0.25) is 0 Å². The lowest BCUT2D eigenvalue weighted by Crippen LogP contribution is -2.21. The normalized spacial score (nSPS) is 11.1. The quantitative estimate of drug-likeness (QED) is 0.850. The lowest BCUT2D eigenvalue weighted by Gasteiger charge is -2.09. The van der Waals surface area contributed by atoms with Gasteiger partial charge in [0.15, 0.2) is 0 Å². The van der Waals surface area contributed by atoms with Crippen molar-refractivity contribution < 1.29 is 0 Å². The number of aryl methyl sites for hydroxylation is 1. The maximum Gasteiger partial charge on any atom is 0.0222 e. The molecule has 2 rings (SSSR count). The molecule has 0 radical (unpaired) electrons. The first-order valence-electron chi connectivity index (χ1n) is 6.02. The van der Waals surface area contributed by atoms with Gasteiger partial charge in [0.1, 0.15) is 0 Å². The van der Waals surface area contributed by atoms with E-state index in [2.05, 4.69) is 61.1 Å². The summed E-state index contributed by atoms with van der Waals surface area (Å²) in [4.78, 5) is 0. The van der Waals surface area contributed by atoms with Gasteiger partial charge in [0.05, 0.1) is 0 Å². The maximum atomic E-state index is 3.48. The van der Waals surface area contributed by atoms with Gasteiger partial charge in [-0.1, -0.05) is 43.7 Å². The van der Waals surface area contributed by atoms with E-state index in [0.717, 1.165) is 6.54 Å². The number of hydrogen-bond acceptors (Lipinski definition) is 2. The van der Waals surface area contributed by atoms with Crippen molar-refractivity contribution in [1.82, 2.24) is 5.32 Å². The van der Waals surface area contributed by atoms with E-state index in [1.165, 1.54) is 22.3 Å². The predicted octanol–water partition coefficient (Wildman–Crippen LogP) is 4.22. The first-order valence-corrected chi connectivity index (χ1v) is 6.96. The van der Waals surface area contributed by atoms with Crippen molar-refractivity contribution in [3.05, 3.63) is 46.2 Å². The summed E-state index contributed by atoms with van der Waals surface area (Å²) in [5.74, 6) is 0. The lowest BCUT2D eigenvalue weighted by atomic mass is 10.0. The number of nitrogens with one attached hydrogen (secondary N) is 1. The van der Waals surface area contributed by atoms with Gasteiger partial charge in [-0.15, -0.1) is 0 Å². The zero-order valence-electron chi connectivity index (χ0n) is 10.7. The zero-order chi connectivity index (χ0) is 12.3. The van der Waals surface area contributed by atoms with Gasteiger partial charge in [-0.25, -0.2) is 0 Å². The standard InChI is InChI=1S/C15H19NS/c1-11(2)16-8-14-9-17-10-15(14)13-6-4-5-12(3)7-13/h4-7,9-11,16H,8H2,1-3H3. The zero-order valence-corrected chi connectivity index (χ0v) is 11.5. The van der Waals surface area contributed by atoms with E-state index in [4.69, 9.17) is 0 Å². The molecule has 0 aliphatic carbocycles. The average Bonchev–Trinajstić information content (AvgIpc) is 2.74. The van der Waals surface area contributed by atoms with E-state index in [9.17, 15) is 0 Å². The third kappa shape index (κ3) is 3.18. The summed E-state index contributed by atoms with van der Waals surface area (Å²) in [6, 6.07) is 9.24. The summed E-state index contributed by atoms with van der Waals surface area (Å²) in [7, 11) is 0. The fraction of sp³-hybridized carbons (Fsp3) is 0.333. The topological polar surface area (TPSA) is 12.0 Å². The molecule has 2 heteroatoms. The second-order valence-corrected chi connectivity index (χ2v) is 5.46. The molecule has 0 saturated carbocycles. The molecule has 1 aromatic heterocycles. The first kappa shape index (κ1) is 12.3. The molecule has 0 aliphatic heterocycles. The van der Waals surface area contributed by atoms with Crippen LogP contribution >= 0.6 is 11.3 Å². The van der Waals surface area contributed by atoms with E-state index in [1.807, 2.05) is 0 Å². The highest BCUT2D eigenvalue weighted by Crippen LogP contribution is 2.28. The Hall–Kier alpha value is -1.12. The first-order chi connectivity index (χ1) is 8.16. The number of benzene rings is 1. The maximum absolute atomic E-state index is 3.48. The smallest absolute Gasteiger partial charge is 0.0222 e. The molecule has 1 aromatic carbocycles. The van der Waals surface area contributed by atoms with E-state index in [-0.39, 0.29) is 0 Å². The lowest BCUT2D eigenvalue weighted by molar-refractivity contribution is 0.590. The Morgan fingerprint density at radius 1 is 1.24 bits per heavy atom. The molecule has 0 aliphatic rings. The van der Waals surface area contributed by atoms with Gasteiger partial charge in [-0.2, -0.15) is 11.3 Å². The molecular formula is C15H19NS. The van der Waals surface area contributed by atoms with Gasteiger partial charge in [-0.05, 0) is 34.4 Å². The highest BCUT2D eigenvalue weighted by Gasteiger charge is 2.06. The third-order valence-electron chi connectivity index (χ3n) is 2.77. The highest BCUT2D eigenvalue weighted by atomic mass is 32.1. The van der Waals surface area contributed by atoms with Crippen LogP contribution in [0.25, 0.3) is 11.1 Å². The fourth-order valence-corrected chi connectivity index (χ4v) is 2.71. The molecule has 1 N–H and O–H groups in total. The van der Waals surface area contributed by atoms with Crippen molar-refractivity contribution in [3.8, 4) is 11.1 Å². The van der Waals surface area contributed by atoms with Crippen molar-refractivity contribution in [2.24, 2.45) is 0 Å². The molecule has 1 heterocycles. The second kappa shape index (κ2) is 5.48. The van der Waals surface area contributed by atoms with Crippen LogP contribution in [0.3, 0.4) is 0 Å². The van der Waals surface area contributed by atoms with E-state index < -0.39 is 0 Å². The molecule has 1 nitrogen and oxygen atoms in total. The summed E-state index contributed by atoms with van der Waals surface area (Å²) in [6.45, 7) is 7.45. The Balaban J connectivity index is 2.24. The van der Waals surface area contributed by atoms with Crippen LogP contribution < -0.4 is 5.32 Å². The largest absolute Gasteiger partial charge is 0.310 e. The fourth-order valence-electron chi connectivity index (χ4n) is 1.84. The summed E-state index contributed by atoms with van der Waals surface area (Å²) < 4.78 is 0. The average molecular weight is 245 g/mol. The second-order valence-electron chi connectivity index (χ2n) is 4.72. The van der Waals surface area contributed by atoms with E-state index >= 15 is 0 Å². The number of thiophene rings is 1. The Morgan fingerprint density at radius 3 is 2.76 bits per heavy atom.